The minimum Gasteiger partial charge on any atom is -0.437 e. The number of nitrogens with one attached hydrogen (secondary N) is 1. The normalized spacial score (nSPS) is 13.8. The van der Waals surface area contributed by atoms with Crippen LogP contribution in [0.1, 0.15) is 31.4 Å². The van der Waals surface area contributed by atoms with E-state index in [0.717, 1.165) is 40.7 Å². The van der Waals surface area contributed by atoms with E-state index in [0.29, 0.717) is 22.4 Å². The van der Waals surface area contributed by atoms with E-state index >= 15 is 0 Å². The number of hydrogen-bond donors (Lipinski definition) is 1. The Morgan fingerprint density at radius 2 is 1.93 bits per heavy atom. The summed E-state index contributed by atoms with van der Waals surface area (Å²) in [5.74, 6) is 0.353. The first-order valence-corrected chi connectivity index (χ1v) is 10.7. The van der Waals surface area contributed by atoms with Gasteiger partial charge in [0, 0.05) is 18.5 Å². The fraction of sp³-hybridized carbons (Fsp3) is 0.174. The van der Waals surface area contributed by atoms with Crippen LogP contribution >= 0.6 is 11.3 Å². The zero-order valence-corrected chi connectivity index (χ0v) is 17.0. The second kappa shape index (κ2) is 8.20. The first kappa shape index (κ1) is 18.7. The molecule has 0 aliphatic heterocycles. The van der Waals surface area contributed by atoms with E-state index in [4.69, 9.17) is 4.74 Å². The van der Waals surface area contributed by atoms with Crippen LogP contribution in [0.25, 0.3) is 15.8 Å². The number of benzene rings is 2. The summed E-state index contributed by atoms with van der Waals surface area (Å²) in [4.78, 5) is 13.3. The molecule has 0 fully saturated rings. The number of anilines is 2. The minimum atomic E-state index is -0.422. The van der Waals surface area contributed by atoms with Gasteiger partial charge in [0.15, 0.2) is 5.13 Å². The third kappa shape index (κ3) is 3.89. The molecule has 1 N–H and O–H groups in total. The zero-order chi connectivity index (χ0) is 20.3. The number of nitrogens with zero attached hydrogens (tertiary/aromatic N) is 3. The van der Waals surface area contributed by atoms with Gasteiger partial charge in [0.05, 0.1) is 15.9 Å². The SMILES string of the molecule is Fc1cc(Oc2nccnc2C2=CCCCC2)ccc1Nc1nc2ccccc2s1. The van der Waals surface area contributed by atoms with Gasteiger partial charge in [0.25, 0.3) is 0 Å². The molecule has 0 amide bonds. The van der Waals surface area contributed by atoms with Crippen LogP contribution in [0, 0.1) is 5.82 Å². The molecule has 0 unspecified atom stereocenters. The number of aromatic nitrogens is 3. The Labute approximate surface area is 177 Å². The molecule has 0 radical (unpaired) electrons. The lowest BCUT2D eigenvalue weighted by atomic mass is 9.97. The van der Waals surface area contributed by atoms with Crippen LogP contribution in [-0.4, -0.2) is 15.0 Å². The molecule has 0 spiro atoms. The summed E-state index contributed by atoms with van der Waals surface area (Å²) in [5.41, 5.74) is 3.10. The van der Waals surface area contributed by atoms with Crippen LogP contribution in [0.15, 0.2) is 60.9 Å². The van der Waals surface area contributed by atoms with Gasteiger partial charge in [0.2, 0.25) is 5.88 Å². The molecule has 0 bridgehead atoms. The molecule has 0 saturated carbocycles. The average Bonchev–Trinajstić information content (AvgIpc) is 3.19. The Bertz CT molecular complexity index is 1200. The predicted octanol–water partition coefficient (Wildman–Crippen LogP) is 6.72. The van der Waals surface area contributed by atoms with E-state index in [2.05, 4.69) is 26.3 Å². The van der Waals surface area contributed by atoms with Gasteiger partial charge in [0.1, 0.15) is 17.3 Å². The van der Waals surface area contributed by atoms with Gasteiger partial charge in [-0.3, -0.25) is 0 Å². The van der Waals surface area contributed by atoms with Gasteiger partial charge in [-0.05, 0) is 55.5 Å². The summed E-state index contributed by atoms with van der Waals surface area (Å²) >= 11 is 1.48. The Hall–Kier alpha value is -3.32. The lowest BCUT2D eigenvalue weighted by Crippen LogP contribution is -2.00. The van der Waals surface area contributed by atoms with Gasteiger partial charge < -0.3 is 10.1 Å². The monoisotopic (exact) mass is 418 g/mol. The summed E-state index contributed by atoms with van der Waals surface area (Å²) in [6.45, 7) is 0. The van der Waals surface area contributed by atoms with Crippen molar-refractivity contribution < 1.29 is 9.13 Å². The van der Waals surface area contributed by atoms with Crippen molar-refractivity contribution >= 4 is 37.9 Å². The molecule has 7 heteroatoms. The molecule has 5 nitrogen and oxygen atoms in total. The van der Waals surface area contributed by atoms with E-state index in [1.807, 2.05) is 24.3 Å². The molecule has 1 aliphatic rings. The van der Waals surface area contributed by atoms with Gasteiger partial charge in [-0.1, -0.05) is 29.5 Å². The number of ether oxygens (including phenoxy) is 1. The highest BCUT2D eigenvalue weighted by Crippen LogP contribution is 2.34. The van der Waals surface area contributed by atoms with Crippen molar-refractivity contribution in [2.45, 2.75) is 25.7 Å². The molecular formula is C23H19FN4OS. The smallest absolute Gasteiger partial charge is 0.245 e. The number of para-hydroxylation sites is 1. The van der Waals surface area contributed by atoms with Crippen LogP contribution in [-0.2, 0) is 0 Å². The van der Waals surface area contributed by atoms with Crippen LogP contribution in [0.3, 0.4) is 0 Å². The minimum absolute atomic E-state index is 0.343. The van der Waals surface area contributed by atoms with Crippen molar-refractivity contribution in [1.82, 2.24) is 15.0 Å². The van der Waals surface area contributed by atoms with Crippen LogP contribution in [0.5, 0.6) is 11.6 Å². The summed E-state index contributed by atoms with van der Waals surface area (Å²) in [7, 11) is 0. The molecule has 2 aromatic heterocycles. The number of allylic oxidation sites excluding steroid dienone is 2. The molecule has 5 rings (SSSR count). The summed E-state index contributed by atoms with van der Waals surface area (Å²) in [6, 6.07) is 12.5. The topological polar surface area (TPSA) is 59.9 Å². The maximum atomic E-state index is 14.7. The van der Waals surface area contributed by atoms with Gasteiger partial charge in [-0.25, -0.2) is 19.3 Å². The maximum absolute atomic E-state index is 14.7. The number of halogens is 1. The van der Waals surface area contributed by atoms with Crippen molar-refractivity contribution in [2.24, 2.45) is 0 Å². The highest BCUT2D eigenvalue weighted by molar-refractivity contribution is 7.22. The van der Waals surface area contributed by atoms with Crippen LogP contribution in [0.2, 0.25) is 0 Å². The molecular weight excluding hydrogens is 399 g/mol. The van der Waals surface area contributed by atoms with E-state index in [-0.39, 0.29) is 0 Å². The van der Waals surface area contributed by atoms with E-state index in [1.165, 1.54) is 23.8 Å². The third-order valence-electron chi connectivity index (χ3n) is 4.95. The predicted molar refractivity (Wildman–Crippen MR) is 118 cm³/mol. The van der Waals surface area contributed by atoms with Crippen LogP contribution in [0.4, 0.5) is 15.2 Å². The first-order chi connectivity index (χ1) is 14.8. The molecule has 0 saturated heterocycles. The van der Waals surface area contributed by atoms with Gasteiger partial charge >= 0.3 is 0 Å². The standard InChI is InChI=1S/C23H19FN4OS/c24-17-14-16(29-22-21(25-12-13-26-22)15-6-2-1-3-7-15)10-11-18(17)27-23-28-19-8-4-5-9-20(19)30-23/h4-6,8-14H,1-3,7H2,(H,27,28). The Balaban J connectivity index is 1.37. The average molecular weight is 418 g/mol. The second-order valence-electron chi connectivity index (χ2n) is 7.04. The molecule has 2 aromatic carbocycles. The largest absolute Gasteiger partial charge is 0.437 e. The molecule has 2 heterocycles. The number of fused-ring (bicyclic) bond motifs is 1. The van der Waals surface area contributed by atoms with Gasteiger partial charge in [-0.15, -0.1) is 0 Å². The lowest BCUT2D eigenvalue weighted by Gasteiger charge is -2.15. The quantitative estimate of drug-likeness (QED) is 0.390. The molecule has 0 atom stereocenters. The highest BCUT2D eigenvalue weighted by Gasteiger charge is 2.16. The summed E-state index contributed by atoms with van der Waals surface area (Å²) in [5, 5.41) is 3.70. The Morgan fingerprint density at radius 3 is 2.77 bits per heavy atom. The molecule has 1 aliphatic carbocycles. The first-order valence-electron chi connectivity index (χ1n) is 9.87. The highest BCUT2D eigenvalue weighted by atomic mass is 32.1. The van der Waals surface area contributed by atoms with E-state index in [1.54, 1.807) is 24.5 Å². The molecule has 150 valence electrons. The van der Waals surface area contributed by atoms with Crippen molar-refractivity contribution in [2.75, 3.05) is 5.32 Å². The van der Waals surface area contributed by atoms with E-state index < -0.39 is 5.82 Å². The van der Waals surface area contributed by atoms with Crippen molar-refractivity contribution in [3.63, 3.8) is 0 Å². The number of thiazole rings is 1. The zero-order valence-electron chi connectivity index (χ0n) is 16.1. The number of hydrogen-bond acceptors (Lipinski definition) is 6. The summed E-state index contributed by atoms with van der Waals surface area (Å²) in [6.07, 6.45) is 9.73. The second-order valence-corrected chi connectivity index (χ2v) is 8.07. The number of rotatable bonds is 5. The summed E-state index contributed by atoms with van der Waals surface area (Å²) < 4.78 is 21.7. The fourth-order valence-electron chi connectivity index (χ4n) is 3.49. The third-order valence-corrected chi connectivity index (χ3v) is 5.90. The van der Waals surface area contributed by atoms with Crippen molar-refractivity contribution in [3.05, 3.63) is 72.4 Å². The molecule has 4 aromatic rings. The lowest BCUT2D eigenvalue weighted by molar-refractivity contribution is 0.453. The van der Waals surface area contributed by atoms with E-state index in [9.17, 15) is 4.39 Å². The van der Waals surface area contributed by atoms with Crippen molar-refractivity contribution in [1.29, 1.82) is 0 Å². The fourth-order valence-corrected chi connectivity index (χ4v) is 4.36. The Kier molecular flexibility index (Phi) is 5.11. The van der Waals surface area contributed by atoms with Crippen molar-refractivity contribution in [3.8, 4) is 11.6 Å². The molecule has 30 heavy (non-hydrogen) atoms. The maximum Gasteiger partial charge on any atom is 0.245 e. The van der Waals surface area contributed by atoms with Crippen LogP contribution < -0.4 is 10.1 Å². The Morgan fingerprint density at radius 1 is 1.03 bits per heavy atom. The van der Waals surface area contributed by atoms with Gasteiger partial charge in [-0.2, -0.15) is 0 Å².